The largest absolute Gasteiger partial charge is 0.384 e. The van der Waals surface area contributed by atoms with Gasteiger partial charge in [0.1, 0.15) is 0 Å². The van der Waals surface area contributed by atoms with Gasteiger partial charge in [0, 0.05) is 12.4 Å². The Morgan fingerprint density at radius 1 is 1.78 bits per heavy atom. The molecule has 0 aromatic heterocycles. The number of ether oxygens (including phenoxy) is 1. The van der Waals surface area contributed by atoms with Crippen LogP contribution >= 0.6 is 15.9 Å². The summed E-state index contributed by atoms with van der Waals surface area (Å²) in [6.07, 6.45) is 1.33. The zero-order valence-corrected chi connectivity index (χ0v) is 7.57. The molecule has 1 fully saturated rings. The van der Waals surface area contributed by atoms with Gasteiger partial charge >= 0.3 is 0 Å². The molecule has 1 nitrogen and oxygen atoms in total. The average Bonchev–Trinajstić information content (AvgIpc) is 2.43. The molecule has 0 aromatic carbocycles. The van der Waals surface area contributed by atoms with Crippen LogP contribution in [0.2, 0.25) is 0 Å². The van der Waals surface area contributed by atoms with Crippen LogP contribution < -0.4 is 0 Å². The Morgan fingerprint density at radius 2 is 2.44 bits per heavy atom. The van der Waals surface area contributed by atoms with Crippen molar-refractivity contribution in [3.05, 3.63) is 0 Å². The first-order chi connectivity index (χ1) is 4.23. The quantitative estimate of drug-likeness (QED) is 0.623. The highest BCUT2D eigenvalue weighted by molar-refractivity contribution is 9.09. The maximum atomic E-state index is 5.08. The fraction of sp³-hybridized carbons (Fsp3) is 1.00. The summed E-state index contributed by atoms with van der Waals surface area (Å²) in [5.74, 6) is 0.859. The van der Waals surface area contributed by atoms with Crippen LogP contribution in [-0.2, 0) is 4.74 Å². The summed E-state index contributed by atoms with van der Waals surface area (Å²) < 4.78 is 5.08. The molecule has 1 rings (SSSR count). The van der Waals surface area contributed by atoms with Gasteiger partial charge in [0.2, 0.25) is 0 Å². The van der Waals surface area contributed by atoms with Crippen LogP contribution in [0.1, 0.15) is 13.3 Å². The minimum atomic E-state index is 0.498. The first-order valence-electron chi connectivity index (χ1n) is 3.28. The molecule has 1 aliphatic carbocycles. The van der Waals surface area contributed by atoms with Gasteiger partial charge in [-0.3, -0.25) is 0 Å². The van der Waals surface area contributed by atoms with E-state index in [9.17, 15) is 0 Å². The van der Waals surface area contributed by atoms with E-state index in [-0.39, 0.29) is 0 Å². The van der Waals surface area contributed by atoms with Gasteiger partial charge in [-0.1, -0.05) is 22.9 Å². The van der Waals surface area contributed by atoms with E-state index in [2.05, 4.69) is 22.9 Å². The van der Waals surface area contributed by atoms with E-state index in [0.29, 0.717) is 5.41 Å². The van der Waals surface area contributed by atoms with E-state index in [4.69, 9.17) is 4.74 Å². The van der Waals surface area contributed by atoms with Crippen LogP contribution in [0.4, 0.5) is 0 Å². The molecule has 0 saturated heterocycles. The van der Waals surface area contributed by atoms with Gasteiger partial charge in [0.15, 0.2) is 0 Å². The van der Waals surface area contributed by atoms with E-state index in [1.54, 1.807) is 7.11 Å². The molecule has 0 bridgehead atoms. The SMILES string of the molecule is COCC1(C)CC1CBr. The topological polar surface area (TPSA) is 9.23 Å². The molecule has 0 aromatic rings. The second kappa shape index (κ2) is 2.59. The molecular weight excluding hydrogens is 180 g/mol. The third-order valence-electron chi connectivity index (χ3n) is 2.20. The second-order valence-electron chi connectivity index (χ2n) is 3.14. The monoisotopic (exact) mass is 192 g/mol. The lowest BCUT2D eigenvalue weighted by atomic mass is 10.1. The zero-order chi connectivity index (χ0) is 6.91. The predicted octanol–water partition coefficient (Wildman–Crippen LogP) is 2.05. The van der Waals surface area contributed by atoms with E-state index >= 15 is 0 Å². The third kappa shape index (κ3) is 1.47. The minimum absolute atomic E-state index is 0.498. The van der Waals surface area contributed by atoms with E-state index in [0.717, 1.165) is 17.9 Å². The maximum absolute atomic E-state index is 5.08. The van der Waals surface area contributed by atoms with Crippen molar-refractivity contribution in [1.82, 2.24) is 0 Å². The summed E-state index contributed by atoms with van der Waals surface area (Å²) in [7, 11) is 1.77. The fourth-order valence-corrected chi connectivity index (χ4v) is 2.26. The van der Waals surface area contributed by atoms with Gasteiger partial charge in [-0.2, -0.15) is 0 Å². The summed E-state index contributed by atoms with van der Waals surface area (Å²) in [6, 6.07) is 0. The number of halogens is 1. The third-order valence-corrected chi connectivity index (χ3v) is 2.98. The Balaban J connectivity index is 2.25. The van der Waals surface area contributed by atoms with E-state index in [1.165, 1.54) is 6.42 Å². The van der Waals surface area contributed by atoms with Crippen molar-refractivity contribution in [1.29, 1.82) is 0 Å². The molecule has 9 heavy (non-hydrogen) atoms. The number of rotatable bonds is 3. The molecule has 0 amide bonds. The van der Waals surface area contributed by atoms with Crippen molar-refractivity contribution in [3.8, 4) is 0 Å². The molecule has 0 aliphatic heterocycles. The standard InChI is InChI=1S/C7H13BrO/c1-7(5-9-2)3-6(7)4-8/h6H,3-5H2,1-2H3. The van der Waals surface area contributed by atoms with Crippen LogP contribution in [-0.4, -0.2) is 19.0 Å². The summed E-state index contributed by atoms with van der Waals surface area (Å²) in [4.78, 5) is 0. The molecule has 0 radical (unpaired) electrons. The van der Waals surface area contributed by atoms with Crippen molar-refractivity contribution >= 4 is 15.9 Å². The Labute approximate surface area is 64.9 Å². The first-order valence-corrected chi connectivity index (χ1v) is 4.40. The van der Waals surface area contributed by atoms with Gasteiger partial charge in [-0.05, 0) is 17.8 Å². The summed E-state index contributed by atoms with van der Waals surface area (Å²) in [6.45, 7) is 3.20. The Bertz CT molecular complexity index is 105. The van der Waals surface area contributed by atoms with Gasteiger partial charge in [0.05, 0.1) is 6.61 Å². The van der Waals surface area contributed by atoms with Gasteiger partial charge in [-0.25, -0.2) is 0 Å². The molecule has 0 N–H and O–H groups in total. The molecule has 2 atom stereocenters. The Morgan fingerprint density at radius 3 is 2.78 bits per heavy atom. The predicted molar refractivity (Wildman–Crippen MR) is 41.9 cm³/mol. The first kappa shape index (κ1) is 7.55. The van der Waals surface area contributed by atoms with Crippen molar-refractivity contribution in [2.24, 2.45) is 11.3 Å². The minimum Gasteiger partial charge on any atom is -0.384 e. The number of methoxy groups -OCH3 is 1. The fourth-order valence-electron chi connectivity index (χ4n) is 1.25. The van der Waals surface area contributed by atoms with E-state index in [1.807, 2.05) is 0 Å². The second-order valence-corrected chi connectivity index (χ2v) is 3.79. The Hall–Kier alpha value is 0.440. The van der Waals surface area contributed by atoms with Crippen molar-refractivity contribution < 1.29 is 4.74 Å². The van der Waals surface area contributed by atoms with Crippen molar-refractivity contribution in [3.63, 3.8) is 0 Å². The highest BCUT2D eigenvalue weighted by atomic mass is 79.9. The molecule has 1 saturated carbocycles. The number of alkyl halides is 1. The summed E-state index contributed by atoms with van der Waals surface area (Å²) >= 11 is 3.47. The molecule has 0 heterocycles. The average molecular weight is 193 g/mol. The molecule has 0 spiro atoms. The maximum Gasteiger partial charge on any atom is 0.0519 e. The van der Waals surface area contributed by atoms with Gasteiger partial charge in [0.25, 0.3) is 0 Å². The normalized spacial score (nSPS) is 41.0. The zero-order valence-electron chi connectivity index (χ0n) is 5.98. The van der Waals surface area contributed by atoms with Crippen LogP contribution in [0.25, 0.3) is 0 Å². The van der Waals surface area contributed by atoms with Crippen LogP contribution in [0.3, 0.4) is 0 Å². The summed E-state index contributed by atoms with van der Waals surface area (Å²) in [5, 5.41) is 1.13. The van der Waals surface area contributed by atoms with Crippen molar-refractivity contribution in [2.45, 2.75) is 13.3 Å². The van der Waals surface area contributed by atoms with Crippen molar-refractivity contribution in [2.75, 3.05) is 19.0 Å². The van der Waals surface area contributed by atoms with Crippen LogP contribution in [0.15, 0.2) is 0 Å². The molecular formula is C7H13BrO. The van der Waals surface area contributed by atoms with E-state index < -0.39 is 0 Å². The molecule has 1 aliphatic rings. The number of hydrogen-bond acceptors (Lipinski definition) is 1. The Kier molecular flexibility index (Phi) is 2.17. The van der Waals surface area contributed by atoms with Gasteiger partial charge in [-0.15, -0.1) is 0 Å². The number of hydrogen-bond donors (Lipinski definition) is 0. The summed E-state index contributed by atoms with van der Waals surface area (Å²) in [5.41, 5.74) is 0.498. The lowest BCUT2D eigenvalue weighted by Gasteiger charge is -2.06. The van der Waals surface area contributed by atoms with Crippen LogP contribution in [0, 0.1) is 11.3 Å². The highest BCUT2D eigenvalue weighted by Crippen LogP contribution is 2.52. The smallest absolute Gasteiger partial charge is 0.0519 e. The lowest BCUT2D eigenvalue weighted by Crippen LogP contribution is -2.07. The molecule has 2 unspecified atom stereocenters. The highest BCUT2D eigenvalue weighted by Gasteiger charge is 2.48. The molecule has 2 heteroatoms. The van der Waals surface area contributed by atoms with Gasteiger partial charge < -0.3 is 4.74 Å². The lowest BCUT2D eigenvalue weighted by molar-refractivity contribution is 0.143. The molecule has 54 valence electrons. The van der Waals surface area contributed by atoms with Crippen LogP contribution in [0.5, 0.6) is 0 Å².